The minimum atomic E-state index is -1.61. The summed E-state index contributed by atoms with van der Waals surface area (Å²) in [7, 11) is 0. The molecule has 0 bridgehead atoms. The van der Waals surface area contributed by atoms with Crippen LogP contribution >= 0.6 is 0 Å². The van der Waals surface area contributed by atoms with Gasteiger partial charge in [0.15, 0.2) is 11.5 Å². The highest BCUT2D eigenvalue weighted by molar-refractivity contribution is 5.84. The molecule has 1 atom stereocenters. The van der Waals surface area contributed by atoms with E-state index in [1.165, 1.54) is 0 Å². The second kappa shape index (κ2) is 8.29. The van der Waals surface area contributed by atoms with Crippen LogP contribution in [0.25, 0.3) is 28.0 Å². The number of aromatic nitrogens is 4. The van der Waals surface area contributed by atoms with Gasteiger partial charge in [0.2, 0.25) is 0 Å². The number of pyridine rings is 2. The highest BCUT2D eigenvalue weighted by Crippen LogP contribution is 2.27. The highest BCUT2D eigenvalue weighted by Gasteiger charge is 2.25. The van der Waals surface area contributed by atoms with Crippen LogP contribution in [0.4, 0.5) is 0 Å². The van der Waals surface area contributed by atoms with Gasteiger partial charge in [-0.25, -0.2) is 14.6 Å². The first-order chi connectivity index (χ1) is 14.5. The van der Waals surface area contributed by atoms with Gasteiger partial charge in [0, 0.05) is 17.6 Å². The number of aliphatic hydroxyl groups excluding tert-OH is 2. The van der Waals surface area contributed by atoms with Crippen molar-refractivity contribution in [2.75, 3.05) is 6.61 Å². The Hall–Kier alpha value is -3.17. The average Bonchev–Trinajstić information content (AvgIpc) is 3.21. The third-order valence-corrected chi connectivity index (χ3v) is 4.95. The molecule has 0 fully saturated rings. The summed E-state index contributed by atoms with van der Waals surface area (Å²) in [5, 5.41) is 34.3. The number of aliphatic hydroxyl groups is 3. The molecule has 0 saturated carbocycles. The fourth-order valence-corrected chi connectivity index (χ4v) is 3.35. The molecule has 0 unspecified atom stereocenters. The molecule has 4 rings (SSSR count). The van der Waals surface area contributed by atoms with Gasteiger partial charge >= 0.3 is 0 Å². The van der Waals surface area contributed by atoms with Gasteiger partial charge in [-0.15, -0.1) is 0 Å². The Labute approximate surface area is 173 Å². The zero-order valence-electron chi connectivity index (χ0n) is 16.3. The molecule has 8 heteroatoms. The van der Waals surface area contributed by atoms with Crippen LogP contribution in [0.15, 0.2) is 60.8 Å². The van der Waals surface area contributed by atoms with E-state index >= 15 is 0 Å². The van der Waals surface area contributed by atoms with E-state index in [0.717, 1.165) is 16.5 Å². The lowest BCUT2D eigenvalue weighted by molar-refractivity contribution is 0.0233. The molecule has 0 saturated heterocycles. The third-order valence-electron chi connectivity index (χ3n) is 4.95. The van der Waals surface area contributed by atoms with Gasteiger partial charge in [-0.1, -0.05) is 24.3 Å². The van der Waals surface area contributed by atoms with Crippen LogP contribution in [0.3, 0.4) is 0 Å². The second-order valence-electron chi connectivity index (χ2n) is 7.13. The van der Waals surface area contributed by atoms with E-state index in [-0.39, 0.29) is 19.6 Å². The number of nitrogens with zero attached hydrogens (tertiary/aromatic N) is 4. The highest BCUT2D eigenvalue weighted by atomic mass is 16.3. The van der Waals surface area contributed by atoms with Crippen molar-refractivity contribution in [3.8, 4) is 17.1 Å². The molecule has 0 aliphatic carbocycles. The third kappa shape index (κ3) is 3.94. The number of hydrogen-bond acceptors (Lipinski definition) is 7. The van der Waals surface area contributed by atoms with E-state index in [1.807, 2.05) is 36.4 Å². The van der Waals surface area contributed by atoms with Crippen LogP contribution in [0.5, 0.6) is 0 Å². The van der Waals surface area contributed by atoms with E-state index in [9.17, 15) is 10.2 Å². The lowest BCUT2D eigenvalue weighted by Gasteiger charge is -2.22. The van der Waals surface area contributed by atoms with Crippen LogP contribution in [-0.4, -0.2) is 41.7 Å². The normalized spacial score (nSPS) is 13.5. The molecule has 5 N–H and O–H groups in total. The van der Waals surface area contributed by atoms with E-state index < -0.39 is 5.72 Å². The van der Waals surface area contributed by atoms with Gasteiger partial charge in [0.05, 0.1) is 35.4 Å². The molecule has 0 amide bonds. The minimum absolute atomic E-state index is 0.0502. The first kappa shape index (κ1) is 20.1. The molecule has 8 nitrogen and oxygen atoms in total. The Balaban J connectivity index is 1.75. The standard InChI is InChI=1S/C22H23N5O3/c23-22(30,10-3-11-28)20-6-2-5-18(26-20)15-8-9-16-13-24-27(19(16)12-15)21-7-1-4-17(14-29)25-21/h1-2,4-9,12-13,28-30H,3,10-11,14,23H2/t22-/m1/s1. The maximum atomic E-state index is 10.5. The molecule has 30 heavy (non-hydrogen) atoms. The Morgan fingerprint density at radius 2 is 1.83 bits per heavy atom. The van der Waals surface area contributed by atoms with Crippen LogP contribution in [-0.2, 0) is 12.3 Å². The molecule has 0 spiro atoms. The molecular weight excluding hydrogens is 382 g/mol. The molecule has 0 aliphatic rings. The smallest absolute Gasteiger partial charge is 0.156 e. The Morgan fingerprint density at radius 1 is 1.00 bits per heavy atom. The zero-order chi connectivity index (χ0) is 21.1. The van der Waals surface area contributed by atoms with Gasteiger partial charge in [-0.2, -0.15) is 5.10 Å². The van der Waals surface area contributed by atoms with Crippen molar-refractivity contribution in [1.82, 2.24) is 19.7 Å². The van der Waals surface area contributed by atoms with Crippen LogP contribution < -0.4 is 5.73 Å². The monoisotopic (exact) mass is 405 g/mol. The summed E-state index contributed by atoms with van der Waals surface area (Å²) in [6.07, 6.45) is 2.34. The van der Waals surface area contributed by atoms with E-state index in [2.05, 4.69) is 15.1 Å². The molecule has 0 radical (unpaired) electrons. The zero-order valence-corrected chi connectivity index (χ0v) is 16.3. The largest absolute Gasteiger partial charge is 0.396 e. The molecule has 4 aromatic rings. The number of hydrogen-bond donors (Lipinski definition) is 4. The summed E-state index contributed by atoms with van der Waals surface area (Å²) in [5.74, 6) is 0.607. The summed E-state index contributed by atoms with van der Waals surface area (Å²) in [4.78, 5) is 8.98. The van der Waals surface area contributed by atoms with E-state index in [1.54, 1.807) is 29.1 Å². The maximum Gasteiger partial charge on any atom is 0.156 e. The van der Waals surface area contributed by atoms with Crippen LogP contribution in [0, 0.1) is 0 Å². The lowest BCUT2D eigenvalue weighted by atomic mass is 10.0. The molecular formula is C22H23N5O3. The molecule has 3 heterocycles. The summed E-state index contributed by atoms with van der Waals surface area (Å²) < 4.78 is 1.71. The van der Waals surface area contributed by atoms with Crippen LogP contribution in [0.1, 0.15) is 24.2 Å². The Kier molecular flexibility index (Phi) is 5.56. The number of rotatable bonds is 7. The van der Waals surface area contributed by atoms with Gasteiger partial charge in [-0.05, 0) is 43.2 Å². The summed E-state index contributed by atoms with van der Waals surface area (Å²) in [6, 6.07) is 16.5. The Morgan fingerprint density at radius 3 is 2.63 bits per heavy atom. The molecule has 3 aromatic heterocycles. The van der Waals surface area contributed by atoms with Gasteiger partial charge in [0.25, 0.3) is 0 Å². The topological polar surface area (TPSA) is 130 Å². The summed E-state index contributed by atoms with van der Waals surface area (Å²) in [6.45, 7) is -0.196. The SMILES string of the molecule is N[C@@](O)(CCCO)c1cccc(-c2ccc3cnn(-c4cccc(CO)n4)c3c2)n1. The molecule has 0 aliphatic heterocycles. The number of nitrogens with two attached hydrogens (primary N) is 1. The fraction of sp³-hybridized carbons (Fsp3) is 0.227. The van der Waals surface area contributed by atoms with Gasteiger partial charge in [0.1, 0.15) is 0 Å². The Bertz CT molecular complexity index is 1170. The maximum absolute atomic E-state index is 10.5. The lowest BCUT2D eigenvalue weighted by Crippen LogP contribution is -2.37. The minimum Gasteiger partial charge on any atom is -0.396 e. The van der Waals surface area contributed by atoms with Crippen LogP contribution in [0.2, 0.25) is 0 Å². The van der Waals surface area contributed by atoms with Crippen molar-refractivity contribution in [2.24, 2.45) is 5.73 Å². The second-order valence-corrected chi connectivity index (χ2v) is 7.13. The van der Waals surface area contributed by atoms with Crippen molar-refractivity contribution >= 4 is 10.9 Å². The van der Waals surface area contributed by atoms with Crippen molar-refractivity contribution < 1.29 is 15.3 Å². The molecule has 154 valence electrons. The van der Waals surface area contributed by atoms with Gasteiger partial charge < -0.3 is 15.3 Å². The molecule has 1 aromatic carbocycles. The number of fused-ring (bicyclic) bond motifs is 1. The average molecular weight is 405 g/mol. The fourth-order valence-electron chi connectivity index (χ4n) is 3.35. The quantitative estimate of drug-likeness (QED) is 0.345. The van der Waals surface area contributed by atoms with E-state index in [4.69, 9.17) is 10.8 Å². The predicted octanol–water partition coefficient (Wildman–Crippen LogP) is 1.85. The van der Waals surface area contributed by atoms with Crippen molar-refractivity contribution in [2.45, 2.75) is 25.2 Å². The first-order valence-electron chi connectivity index (χ1n) is 9.67. The number of benzene rings is 1. The van der Waals surface area contributed by atoms with Crippen molar-refractivity contribution in [3.63, 3.8) is 0 Å². The summed E-state index contributed by atoms with van der Waals surface area (Å²) in [5.41, 5.74) is 7.64. The summed E-state index contributed by atoms with van der Waals surface area (Å²) >= 11 is 0. The van der Waals surface area contributed by atoms with Crippen molar-refractivity contribution in [3.05, 3.63) is 72.2 Å². The predicted molar refractivity (Wildman–Crippen MR) is 112 cm³/mol. The van der Waals surface area contributed by atoms with Gasteiger partial charge in [-0.3, -0.25) is 5.73 Å². The first-order valence-corrected chi connectivity index (χ1v) is 9.67. The van der Waals surface area contributed by atoms with E-state index in [0.29, 0.717) is 29.3 Å². The van der Waals surface area contributed by atoms with Crippen molar-refractivity contribution in [1.29, 1.82) is 0 Å².